The highest BCUT2D eigenvalue weighted by atomic mass is 32.2. The molecule has 7 rings (SSSR count). The van der Waals surface area contributed by atoms with E-state index < -0.39 is 0 Å². The lowest BCUT2D eigenvalue weighted by molar-refractivity contribution is 0.963. The molecule has 6 aromatic rings. The molecule has 0 saturated carbocycles. The monoisotopic (exact) mass is 415 g/mol. The van der Waals surface area contributed by atoms with Gasteiger partial charge in [-0.05, 0) is 59.8 Å². The molecule has 1 aliphatic heterocycles. The number of pyridine rings is 1. The Morgan fingerprint density at radius 2 is 1.71 bits per heavy atom. The Hall–Kier alpha value is -3.63. The molecular formula is C27H17N3S. The van der Waals surface area contributed by atoms with E-state index in [9.17, 15) is 0 Å². The van der Waals surface area contributed by atoms with Crippen molar-refractivity contribution in [2.45, 2.75) is 16.7 Å². The molecule has 0 spiro atoms. The number of nitrogens with zero attached hydrogens (tertiary/aromatic N) is 3. The fourth-order valence-corrected chi connectivity index (χ4v) is 5.93. The number of hydrogen-bond acceptors (Lipinski definition) is 3. The molecule has 0 fully saturated rings. The molecule has 0 bridgehead atoms. The Morgan fingerprint density at radius 3 is 2.68 bits per heavy atom. The van der Waals surface area contributed by atoms with E-state index in [0.717, 1.165) is 16.9 Å². The van der Waals surface area contributed by atoms with E-state index in [0.29, 0.717) is 0 Å². The molecular weight excluding hydrogens is 398 g/mol. The molecule has 0 saturated heterocycles. The molecule has 0 atom stereocenters. The Morgan fingerprint density at radius 1 is 0.806 bits per heavy atom. The van der Waals surface area contributed by atoms with Crippen molar-refractivity contribution in [3.8, 4) is 16.8 Å². The second-order valence-corrected chi connectivity index (χ2v) is 9.03. The van der Waals surface area contributed by atoms with Gasteiger partial charge in [0.05, 0.1) is 22.2 Å². The van der Waals surface area contributed by atoms with E-state index in [1.165, 1.54) is 48.3 Å². The maximum atomic E-state index is 4.78. The van der Waals surface area contributed by atoms with Crippen molar-refractivity contribution in [3.05, 3.63) is 90.9 Å². The van der Waals surface area contributed by atoms with Crippen LogP contribution < -0.4 is 0 Å². The lowest BCUT2D eigenvalue weighted by atomic mass is 9.95. The molecule has 4 heteroatoms. The van der Waals surface area contributed by atoms with Crippen LogP contribution in [-0.2, 0) is 0 Å². The van der Waals surface area contributed by atoms with Gasteiger partial charge in [-0.1, -0.05) is 54.2 Å². The lowest BCUT2D eigenvalue weighted by Crippen LogP contribution is -2.03. The minimum absolute atomic E-state index is 1.03. The van der Waals surface area contributed by atoms with E-state index in [4.69, 9.17) is 9.97 Å². The third-order valence-electron chi connectivity index (χ3n) is 6.15. The fourth-order valence-electron chi connectivity index (χ4n) is 4.80. The van der Waals surface area contributed by atoms with Gasteiger partial charge in [0, 0.05) is 26.8 Å². The van der Waals surface area contributed by atoms with Crippen LogP contribution in [0.3, 0.4) is 0 Å². The summed E-state index contributed by atoms with van der Waals surface area (Å²) < 4.78 is 2.29. The van der Waals surface area contributed by atoms with Crippen LogP contribution in [-0.4, -0.2) is 14.5 Å². The summed E-state index contributed by atoms with van der Waals surface area (Å²) in [6.45, 7) is 2.08. The second-order valence-electron chi connectivity index (χ2n) is 7.95. The second kappa shape index (κ2) is 6.19. The van der Waals surface area contributed by atoms with Crippen molar-refractivity contribution < 1.29 is 0 Å². The number of hydrogen-bond donors (Lipinski definition) is 0. The van der Waals surface area contributed by atoms with Crippen LogP contribution in [0.25, 0.3) is 49.5 Å². The minimum Gasteiger partial charge on any atom is -0.294 e. The lowest BCUT2D eigenvalue weighted by Gasteiger charge is -2.21. The van der Waals surface area contributed by atoms with Gasteiger partial charge in [0.1, 0.15) is 5.82 Å². The Balaban J connectivity index is 1.50. The average molecular weight is 416 g/mol. The topological polar surface area (TPSA) is 30.7 Å². The number of imidazole rings is 1. The molecule has 0 unspecified atom stereocenters. The SMILES string of the molecule is Cc1nc2cccc3c2n1-c1ccc(-c2cc4ccccc4c4ncccc24)cc1S3. The van der Waals surface area contributed by atoms with E-state index in [1.807, 2.05) is 24.0 Å². The summed E-state index contributed by atoms with van der Waals surface area (Å²) in [6.07, 6.45) is 1.88. The Kier molecular flexibility index (Phi) is 3.41. The first-order valence-corrected chi connectivity index (χ1v) is 11.2. The molecule has 0 aliphatic carbocycles. The van der Waals surface area contributed by atoms with Crippen molar-refractivity contribution in [1.82, 2.24) is 14.5 Å². The van der Waals surface area contributed by atoms with E-state index in [2.05, 4.69) is 84.3 Å². The minimum atomic E-state index is 1.03. The van der Waals surface area contributed by atoms with Crippen LogP contribution in [0.1, 0.15) is 5.82 Å². The molecule has 31 heavy (non-hydrogen) atoms. The Bertz CT molecular complexity index is 1680. The van der Waals surface area contributed by atoms with E-state index in [-0.39, 0.29) is 0 Å². The van der Waals surface area contributed by atoms with Crippen molar-refractivity contribution >= 4 is 44.5 Å². The van der Waals surface area contributed by atoms with Gasteiger partial charge in [0.15, 0.2) is 0 Å². The van der Waals surface area contributed by atoms with Gasteiger partial charge in [-0.15, -0.1) is 0 Å². The van der Waals surface area contributed by atoms with Gasteiger partial charge in [0.2, 0.25) is 0 Å². The molecule has 4 aromatic carbocycles. The summed E-state index contributed by atoms with van der Waals surface area (Å²) in [5.74, 6) is 1.03. The molecule has 3 heterocycles. The van der Waals surface area contributed by atoms with Gasteiger partial charge in [-0.3, -0.25) is 9.55 Å². The molecule has 2 aromatic heterocycles. The quantitative estimate of drug-likeness (QED) is 0.266. The summed E-state index contributed by atoms with van der Waals surface area (Å²) in [7, 11) is 0. The van der Waals surface area contributed by atoms with Gasteiger partial charge in [-0.2, -0.15) is 0 Å². The number of para-hydroxylation sites is 1. The smallest absolute Gasteiger partial charge is 0.111 e. The zero-order chi connectivity index (χ0) is 20.5. The highest BCUT2D eigenvalue weighted by Crippen LogP contribution is 2.45. The highest BCUT2D eigenvalue weighted by Gasteiger charge is 2.22. The normalized spacial score (nSPS) is 12.5. The van der Waals surface area contributed by atoms with E-state index in [1.54, 1.807) is 0 Å². The standard InChI is InChI=1S/C27H17N3S/c1-16-29-22-9-4-10-24-27(22)30(16)23-12-11-18(15-25(23)31-24)21-14-17-6-2-3-7-19(17)26-20(21)8-5-13-28-26/h2-15H,1H3. The summed E-state index contributed by atoms with van der Waals surface area (Å²) in [5, 5.41) is 3.59. The number of rotatable bonds is 1. The Labute approximate surface area is 183 Å². The number of benzene rings is 4. The number of aromatic nitrogens is 3. The summed E-state index contributed by atoms with van der Waals surface area (Å²) >= 11 is 1.83. The van der Waals surface area contributed by atoms with Crippen LogP contribution >= 0.6 is 11.8 Å². The third kappa shape index (κ3) is 2.37. The van der Waals surface area contributed by atoms with E-state index >= 15 is 0 Å². The summed E-state index contributed by atoms with van der Waals surface area (Å²) in [6, 6.07) is 28.2. The first-order valence-electron chi connectivity index (χ1n) is 10.4. The van der Waals surface area contributed by atoms with Crippen LogP contribution in [0.4, 0.5) is 0 Å². The zero-order valence-electron chi connectivity index (χ0n) is 16.8. The highest BCUT2D eigenvalue weighted by molar-refractivity contribution is 7.99. The zero-order valence-corrected chi connectivity index (χ0v) is 17.6. The number of aryl methyl sites for hydroxylation is 1. The maximum Gasteiger partial charge on any atom is 0.111 e. The van der Waals surface area contributed by atoms with Crippen molar-refractivity contribution in [2.75, 3.05) is 0 Å². The summed E-state index contributed by atoms with van der Waals surface area (Å²) in [5.41, 5.74) is 6.96. The van der Waals surface area contributed by atoms with Crippen LogP contribution in [0.5, 0.6) is 0 Å². The van der Waals surface area contributed by atoms with Crippen LogP contribution in [0.2, 0.25) is 0 Å². The molecule has 3 nitrogen and oxygen atoms in total. The molecule has 146 valence electrons. The van der Waals surface area contributed by atoms with Crippen LogP contribution in [0.15, 0.2) is 94.9 Å². The van der Waals surface area contributed by atoms with Gasteiger partial charge in [0.25, 0.3) is 0 Å². The van der Waals surface area contributed by atoms with Gasteiger partial charge < -0.3 is 0 Å². The van der Waals surface area contributed by atoms with Gasteiger partial charge >= 0.3 is 0 Å². The first kappa shape index (κ1) is 17.1. The number of fused-ring (bicyclic) bond motifs is 5. The first-order chi connectivity index (χ1) is 15.3. The summed E-state index contributed by atoms with van der Waals surface area (Å²) in [4.78, 5) is 12.0. The molecule has 1 aliphatic rings. The molecule has 0 N–H and O–H groups in total. The predicted molar refractivity (Wildman–Crippen MR) is 128 cm³/mol. The van der Waals surface area contributed by atoms with Crippen molar-refractivity contribution in [1.29, 1.82) is 0 Å². The van der Waals surface area contributed by atoms with Gasteiger partial charge in [-0.25, -0.2) is 4.98 Å². The average Bonchev–Trinajstić information content (AvgIpc) is 3.16. The van der Waals surface area contributed by atoms with Crippen molar-refractivity contribution in [3.63, 3.8) is 0 Å². The van der Waals surface area contributed by atoms with Crippen LogP contribution in [0, 0.1) is 6.92 Å². The van der Waals surface area contributed by atoms with Crippen molar-refractivity contribution in [2.24, 2.45) is 0 Å². The third-order valence-corrected chi connectivity index (χ3v) is 7.25. The molecule has 0 amide bonds. The predicted octanol–water partition coefficient (Wildman–Crippen LogP) is 7.17. The largest absolute Gasteiger partial charge is 0.294 e. The molecule has 0 radical (unpaired) electrons. The fraction of sp³-hybridized carbons (Fsp3) is 0.0370. The maximum absolute atomic E-state index is 4.78.